The van der Waals surface area contributed by atoms with E-state index < -0.39 is 17.6 Å². The van der Waals surface area contributed by atoms with E-state index in [1.54, 1.807) is 0 Å². The number of hydrogen-bond donors (Lipinski definition) is 2. The second kappa shape index (κ2) is 6.66. The quantitative estimate of drug-likeness (QED) is 0.831. The average molecular weight is 349 g/mol. The summed E-state index contributed by atoms with van der Waals surface area (Å²) in [5, 5.41) is 2.38. The molecular weight excluding hydrogens is 331 g/mol. The summed E-state index contributed by atoms with van der Waals surface area (Å²) >= 11 is 0. The van der Waals surface area contributed by atoms with Crippen LogP contribution in [0, 0.1) is 0 Å². The summed E-state index contributed by atoms with van der Waals surface area (Å²) in [6, 6.07) is 10.5. The maximum absolute atomic E-state index is 13.0. The van der Waals surface area contributed by atoms with Crippen molar-refractivity contribution in [1.82, 2.24) is 0 Å². The summed E-state index contributed by atoms with van der Waals surface area (Å²) in [6.45, 7) is 0.632. The monoisotopic (exact) mass is 349 g/mol. The van der Waals surface area contributed by atoms with Crippen molar-refractivity contribution in [3.63, 3.8) is 0 Å². The SMILES string of the molecule is Nc1cccc2c1CCCN2CC(=O)Nc1ccccc1C(F)(F)F. The zero-order valence-corrected chi connectivity index (χ0v) is 13.4. The molecule has 0 saturated carbocycles. The predicted octanol–water partition coefficient (Wildman–Crippen LogP) is 3.68. The third-order valence-electron chi connectivity index (χ3n) is 4.22. The molecule has 0 aromatic heterocycles. The number of nitrogens with two attached hydrogens (primary N) is 1. The molecule has 4 nitrogen and oxygen atoms in total. The topological polar surface area (TPSA) is 58.4 Å². The lowest BCUT2D eigenvalue weighted by Gasteiger charge is -2.31. The Morgan fingerprint density at radius 2 is 1.92 bits per heavy atom. The van der Waals surface area contributed by atoms with Crippen LogP contribution in [0.15, 0.2) is 42.5 Å². The minimum atomic E-state index is -4.52. The molecule has 0 aliphatic carbocycles. The Morgan fingerprint density at radius 1 is 1.16 bits per heavy atom. The molecule has 25 heavy (non-hydrogen) atoms. The molecule has 0 atom stereocenters. The number of nitrogens with zero attached hydrogens (tertiary/aromatic N) is 1. The smallest absolute Gasteiger partial charge is 0.398 e. The van der Waals surface area contributed by atoms with E-state index in [4.69, 9.17) is 5.73 Å². The van der Waals surface area contributed by atoms with E-state index in [0.29, 0.717) is 12.2 Å². The van der Waals surface area contributed by atoms with Crippen LogP contribution in [0.2, 0.25) is 0 Å². The largest absolute Gasteiger partial charge is 0.418 e. The number of fused-ring (bicyclic) bond motifs is 1. The van der Waals surface area contributed by atoms with E-state index in [0.717, 1.165) is 30.2 Å². The maximum Gasteiger partial charge on any atom is 0.418 e. The highest BCUT2D eigenvalue weighted by Crippen LogP contribution is 2.35. The Labute approximate surface area is 143 Å². The van der Waals surface area contributed by atoms with Crippen molar-refractivity contribution in [3.8, 4) is 0 Å². The first-order valence-corrected chi connectivity index (χ1v) is 7.94. The van der Waals surface area contributed by atoms with Gasteiger partial charge in [-0.1, -0.05) is 18.2 Å². The van der Waals surface area contributed by atoms with Crippen molar-refractivity contribution in [2.24, 2.45) is 0 Å². The number of carbonyl (C=O) groups is 1. The first-order valence-electron chi connectivity index (χ1n) is 7.94. The Bertz CT molecular complexity index is 789. The maximum atomic E-state index is 13.0. The molecule has 1 aliphatic rings. The van der Waals surface area contributed by atoms with Gasteiger partial charge in [-0.25, -0.2) is 0 Å². The zero-order chi connectivity index (χ0) is 18.0. The fourth-order valence-electron chi connectivity index (χ4n) is 3.09. The number of benzene rings is 2. The van der Waals surface area contributed by atoms with Crippen molar-refractivity contribution in [1.29, 1.82) is 0 Å². The zero-order valence-electron chi connectivity index (χ0n) is 13.4. The van der Waals surface area contributed by atoms with Gasteiger partial charge in [-0.2, -0.15) is 13.2 Å². The molecule has 3 N–H and O–H groups in total. The van der Waals surface area contributed by atoms with Crippen LogP contribution < -0.4 is 16.0 Å². The number of halogens is 3. The van der Waals surface area contributed by atoms with Gasteiger partial charge in [-0.3, -0.25) is 4.79 Å². The molecule has 1 aliphatic heterocycles. The lowest BCUT2D eigenvalue weighted by Crippen LogP contribution is -2.37. The highest BCUT2D eigenvalue weighted by atomic mass is 19.4. The van der Waals surface area contributed by atoms with Crippen molar-refractivity contribution in [2.75, 3.05) is 29.0 Å². The lowest BCUT2D eigenvalue weighted by molar-refractivity contribution is -0.137. The predicted molar refractivity (Wildman–Crippen MR) is 91.5 cm³/mol. The standard InChI is InChI=1S/C18H18F3N3O/c19-18(20,21)13-6-1-2-8-15(13)23-17(25)11-24-10-4-5-12-14(22)7-3-9-16(12)24/h1-3,6-9H,4-5,10-11,22H2,(H,23,25). The van der Waals surface area contributed by atoms with E-state index in [1.807, 2.05) is 23.1 Å². The van der Waals surface area contributed by atoms with Gasteiger partial charge in [0.15, 0.2) is 0 Å². The molecule has 1 heterocycles. The molecule has 2 aromatic rings. The van der Waals surface area contributed by atoms with Crippen LogP contribution in [-0.4, -0.2) is 19.0 Å². The highest BCUT2D eigenvalue weighted by molar-refractivity contribution is 5.95. The van der Waals surface area contributed by atoms with Gasteiger partial charge >= 0.3 is 6.18 Å². The molecule has 7 heteroatoms. The molecular formula is C18H18F3N3O. The molecule has 3 rings (SSSR count). The Hall–Kier alpha value is -2.70. The van der Waals surface area contributed by atoms with Crippen LogP contribution >= 0.6 is 0 Å². The van der Waals surface area contributed by atoms with Crippen molar-refractivity contribution >= 4 is 23.0 Å². The molecule has 2 aromatic carbocycles. The fourth-order valence-corrected chi connectivity index (χ4v) is 3.09. The van der Waals surface area contributed by atoms with E-state index in [2.05, 4.69) is 5.32 Å². The number of amides is 1. The molecule has 0 bridgehead atoms. The van der Waals surface area contributed by atoms with E-state index in [-0.39, 0.29) is 12.2 Å². The molecule has 132 valence electrons. The number of alkyl halides is 3. The number of carbonyl (C=O) groups excluding carboxylic acids is 1. The number of nitrogens with one attached hydrogen (secondary N) is 1. The third-order valence-corrected chi connectivity index (χ3v) is 4.22. The summed E-state index contributed by atoms with van der Waals surface area (Å²) in [7, 11) is 0. The molecule has 0 spiro atoms. The molecule has 0 fully saturated rings. The van der Waals surface area contributed by atoms with Gasteiger partial charge < -0.3 is 16.0 Å². The normalized spacial score (nSPS) is 14.1. The van der Waals surface area contributed by atoms with E-state index >= 15 is 0 Å². The van der Waals surface area contributed by atoms with Crippen LogP contribution in [0.4, 0.5) is 30.2 Å². The third kappa shape index (κ3) is 3.70. The summed E-state index contributed by atoms with van der Waals surface area (Å²) in [5.74, 6) is -0.494. The number of hydrogen-bond acceptors (Lipinski definition) is 3. The second-order valence-electron chi connectivity index (χ2n) is 5.96. The van der Waals surface area contributed by atoms with Crippen molar-refractivity contribution < 1.29 is 18.0 Å². The minimum absolute atomic E-state index is 0.0252. The van der Waals surface area contributed by atoms with Gasteiger partial charge in [0.05, 0.1) is 17.8 Å². The van der Waals surface area contributed by atoms with Gasteiger partial charge in [-0.15, -0.1) is 0 Å². The lowest BCUT2D eigenvalue weighted by atomic mass is 10.00. The van der Waals surface area contributed by atoms with E-state index in [1.165, 1.54) is 18.2 Å². The molecule has 0 saturated heterocycles. The second-order valence-corrected chi connectivity index (χ2v) is 5.96. The first kappa shape index (κ1) is 17.1. The fraction of sp³-hybridized carbons (Fsp3) is 0.278. The van der Waals surface area contributed by atoms with Gasteiger partial charge in [0.25, 0.3) is 0 Å². The summed E-state index contributed by atoms with van der Waals surface area (Å²) in [5.41, 5.74) is 7.41. The van der Waals surface area contributed by atoms with Crippen LogP contribution in [0.3, 0.4) is 0 Å². The van der Waals surface area contributed by atoms with E-state index in [9.17, 15) is 18.0 Å². The van der Waals surface area contributed by atoms with Crippen molar-refractivity contribution in [3.05, 3.63) is 53.6 Å². The molecule has 1 amide bonds. The molecule has 0 unspecified atom stereocenters. The Kier molecular flexibility index (Phi) is 4.57. The van der Waals surface area contributed by atoms with Crippen LogP contribution in [-0.2, 0) is 17.4 Å². The van der Waals surface area contributed by atoms with Gasteiger partial charge in [0, 0.05) is 17.9 Å². The number of anilines is 3. The van der Waals surface area contributed by atoms with Crippen LogP contribution in [0.5, 0.6) is 0 Å². The minimum Gasteiger partial charge on any atom is -0.398 e. The number of para-hydroxylation sites is 1. The van der Waals surface area contributed by atoms with Crippen molar-refractivity contribution in [2.45, 2.75) is 19.0 Å². The number of nitrogen functional groups attached to an aromatic ring is 1. The summed E-state index contributed by atoms with van der Waals surface area (Å²) in [6.07, 6.45) is -2.85. The summed E-state index contributed by atoms with van der Waals surface area (Å²) < 4.78 is 39.1. The first-order chi connectivity index (χ1) is 11.9. The Balaban J connectivity index is 1.76. The van der Waals surface area contributed by atoms with Gasteiger partial charge in [-0.05, 0) is 42.7 Å². The average Bonchev–Trinajstić information content (AvgIpc) is 2.55. The Morgan fingerprint density at radius 3 is 2.68 bits per heavy atom. The molecule has 0 radical (unpaired) electrons. The highest BCUT2D eigenvalue weighted by Gasteiger charge is 2.33. The van der Waals surface area contributed by atoms with Crippen LogP contribution in [0.1, 0.15) is 17.5 Å². The van der Waals surface area contributed by atoms with Gasteiger partial charge in [0.1, 0.15) is 0 Å². The summed E-state index contributed by atoms with van der Waals surface area (Å²) in [4.78, 5) is 14.2. The van der Waals surface area contributed by atoms with Gasteiger partial charge in [0.2, 0.25) is 5.91 Å². The number of rotatable bonds is 3. The van der Waals surface area contributed by atoms with Crippen LogP contribution in [0.25, 0.3) is 0 Å².